The molecule has 0 aliphatic heterocycles. The molecular formula is C62H40. The van der Waals surface area contributed by atoms with Gasteiger partial charge in [-0.3, -0.25) is 0 Å². The first-order valence-corrected chi connectivity index (χ1v) is 21.5. The van der Waals surface area contributed by atoms with Crippen molar-refractivity contribution >= 4 is 43.1 Å². The minimum absolute atomic E-state index is 1.20. The van der Waals surface area contributed by atoms with Crippen LogP contribution < -0.4 is 0 Å². The molecule has 62 heavy (non-hydrogen) atoms. The van der Waals surface area contributed by atoms with Gasteiger partial charge in [-0.15, -0.1) is 0 Å². The summed E-state index contributed by atoms with van der Waals surface area (Å²) >= 11 is 0. The zero-order valence-corrected chi connectivity index (χ0v) is 34.1. The largest absolute Gasteiger partial charge is 0.0622 e. The summed E-state index contributed by atoms with van der Waals surface area (Å²) in [5.41, 5.74) is 17.0. The number of rotatable bonds is 7. The average molecular weight is 785 g/mol. The lowest BCUT2D eigenvalue weighted by Crippen LogP contribution is -1.95. The molecule has 0 aliphatic carbocycles. The summed E-state index contributed by atoms with van der Waals surface area (Å²) in [6, 6.07) is 89.5. The molecule has 0 heterocycles. The van der Waals surface area contributed by atoms with Gasteiger partial charge in [-0.05, 0) is 145 Å². The van der Waals surface area contributed by atoms with Crippen LogP contribution in [-0.2, 0) is 0 Å². The predicted molar refractivity (Wildman–Crippen MR) is 266 cm³/mol. The van der Waals surface area contributed by atoms with E-state index in [4.69, 9.17) is 0 Å². The van der Waals surface area contributed by atoms with Crippen molar-refractivity contribution in [3.63, 3.8) is 0 Å². The van der Waals surface area contributed by atoms with Gasteiger partial charge in [-0.2, -0.15) is 0 Å². The minimum Gasteiger partial charge on any atom is -0.0622 e. The fourth-order valence-electron chi connectivity index (χ4n) is 9.84. The maximum Gasteiger partial charge on any atom is -0.00141 e. The first-order valence-electron chi connectivity index (χ1n) is 21.5. The molecule has 0 aromatic heterocycles. The van der Waals surface area contributed by atoms with Crippen LogP contribution in [0.2, 0.25) is 0 Å². The molecule has 0 unspecified atom stereocenters. The van der Waals surface area contributed by atoms with E-state index in [0.717, 1.165) is 0 Å². The second-order valence-electron chi connectivity index (χ2n) is 16.4. The summed E-state index contributed by atoms with van der Waals surface area (Å²) in [6.45, 7) is 0. The molecule has 12 rings (SSSR count). The molecule has 0 saturated carbocycles. The molecule has 0 radical (unpaired) electrons. The molecule has 12 aromatic carbocycles. The summed E-state index contributed by atoms with van der Waals surface area (Å²) in [4.78, 5) is 0. The van der Waals surface area contributed by atoms with Crippen molar-refractivity contribution in [1.82, 2.24) is 0 Å². The second-order valence-corrected chi connectivity index (χ2v) is 16.4. The highest BCUT2D eigenvalue weighted by Crippen LogP contribution is 2.49. The lowest BCUT2D eigenvalue weighted by atomic mass is 9.81. The Bertz CT molecular complexity index is 3590. The van der Waals surface area contributed by atoms with Gasteiger partial charge in [0.15, 0.2) is 0 Å². The van der Waals surface area contributed by atoms with E-state index < -0.39 is 0 Å². The predicted octanol–water partition coefficient (Wildman–Crippen LogP) is 17.4. The van der Waals surface area contributed by atoms with E-state index in [1.165, 1.54) is 121 Å². The van der Waals surface area contributed by atoms with Gasteiger partial charge >= 0.3 is 0 Å². The number of benzene rings is 12. The molecule has 12 aromatic rings. The Morgan fingerprint density at radius 2 is 0.581 bits per heavy atom. The molecule has 0 heteroatoms. The summed E-state index contributed by atoms with van der Waals surface area (Å²) in [5, 5.41) is 10.1. The first-order chi connectivity index (χ1) is 30.7. The van der Waals surface area contributed by atoms with Gasteiger partial charge in [0.2, 0.25) is 0 Å². The second kappa shape index (κ2) is 14.9. The molecular weight excluding hydrogens is 745 g/mol. The van der Waals surface area contributed by atoms with Gasteiger partial charge in [0.05, 0.1) is 0 Å². The van der Waals surface area contributed by atoms with Crippen LogP contribution in [0.25, 0.3) is 121 Å². The van der Waals surface area contributed by atoms with Gasteiger partial charge < -0.3 is 0 Å². The van der Waals surface area contributed by atoms with Crippen LogP contribution in [0.5, 0.6) is 0 Å². The Morgan fingerprint density at radius 3 is 1.18 bits per heavy atom. The van der Waals surface area contributed by atoms with E-state index in [9.17, 15) is 0 Å². The van der Waals surface area contributed by atoms with Gasteiger partial charge in [-0.25, -0.2) is 0 Å². The number of hydrogen-bond donors (Lipinski definition) is 0. The third-order valence-electron chi connectivity index (χ3n) is 12.8. The molecule has 0 bridgehead atoms. The first kappa shape index (κ1) is 35.8. The fourth-order valence-corrected chi connectivity index (χ4v) is 9.84. The molecule has 0 amide bonds. The zero-order valence-electron chi connectivity index (χ0n) is 34.1. The SMILES string of the molecule is c1ccc(-c2ccc(-c3ccccc3)c(-c3ccc4ccc5c(-c6cc(-c7ccccc7)ccc6-c6ccccc6)cc(-c6ccc7ccccc7c6)c6ccc3c4c65)c2)cc1. The highest BCUT2D eigenvalue weighted by Gasteiger charge is 2.22. The van der Waals surface area contributed by atoms with Gasteiger partial charge in [0, 0.05) is 0 Å². The van der Waals surface area contributed by atoms with Crippen molar-refractivity contribution in [3.05, 3.63) is 243 Å². The Labute approximate surface area is 362 Å². The van der Waals surface area contributed by atoms with Crippen molar-refractivity contribution in [2.45, 2.75) is 0 Å². The Kier molecular flexibility index (Phi) is 8.61. The maximum atomic E-state index is 2.47. The standard InChI is InChI=1S/C62H40/c1-5-15-41(16-6-1)48-29-31-51(44-20-9-3-10-21-44)58(38-48)53-33-27-46-28-34-56-60(59-39-49(42-17-7-2-8-18-42)30-32-52(59)45-22-11-4-12-23-45)40-57(55-36-35-54(53)61(46)62(55)56)50-26-25-43-19-13-14-24-47(43)37-50/h1-40H. The van der Waals surface area contributed by atoms with Gasteiger partial charge in [-0.1, -0.05) is 218 Å². The van der Waals surface area contributed by atoms with Crippen molar-refractivity contribution in [2.75, 3.05) is 0 Å². The molecule has 0 N–H and O–H groups in total. The van der Waals surface area contributed by atoms with E-state index in [1.54, 1.807) is 0 Å². The molecule has 0 spiro atoms. The van der Waals surface area contributed by atoms with Gasteiger partial charge in [0.1, 0.15) is 0 Å². The fraction of sp³-hybridized carbons (Fsp3) is 0. The van der Waals surface area contributed by atoms with Crippen LogP contribution in [0, 0.1) is 0 Å². The van der Waals surface area contributed by atoms with Crippen molar-refractivity contribution in [1.29, 1.82) is 0 Å². The Morgan fingerprint density at radius 1 is 0.161 bits per heavy atom. The normalized spacial score (nSPS) is 11.5. The Balaban J connectivity index is 1.19. The van der Waals surface area contributed by atoms with E-state index in [-0.39, 0.29) is 0 Å². The molecule has 288 valence electrons. The number of hydrogen-bond acceptors (Lipinski definition) is 0. The monoisotopic (exact) mass is 784 g/mol. The summed E-state index contributed by atoms with van der Waals surface area (Å²) in [7, 11) is 0. The van der Waals surface area contributed by atoms with Crippen LogP contribution in [0.3, 0.4) is 0 Å². The van der Waals surface area contributed by atoms with Crippen LogP contribution in [0.4, 0.5) is 0 Å². The summed E-state index contributed by atoms with van der Waals surface area (Å²) < 4.78 is 0. The van der Waals surface area contributed by atoms with Crippen molar-refractivity contribution in [3.8, 4) is 77.9 Å². The lowest BCUT2D eigenvalue weighted by molar-refractivity contribution is 1.57. The van der Waals surface area contributed by atoms with E-state index in [1.807, 2.05) is 0 Å². The van der Waals surface area contributed by atoms with E-state index in [0.29, 0.717) is 0 Å². The summed E-state index contributed by atoms with van der Waals surface area (Å²) in [6.07, 6.45) is 0. The topological polar surface area (TPSA) is 0 Å². The van der Waals surface area contributed by atoms with Crippen LogP contribution >= 0.6 is 0 Å². The quantitative estimate of drug-likeness (QED) is 0.141. The molecule has 0 aliphatic rings. The summed E-state index contributed by atoms with van der Waals surface area (Å²) in [5.74, 6) is 0. The third kappa shape index (κ3) is 6.08. The van der Waals surface area contributed by atoms with Crippen LogP contribution in [0.1, 0.15) is 0 Å². The third-order valence-corrected chi connectivity index (χ3v) is 12.8. The maximum absolute atomic E-state index is 2.47. The highest BCUT2D eigenvalue weighted by molar-refractivity contribution is 6.30. The molecule has 0 saturated heterocycles. The molecule has 0 nitrogen and oxygen atoms in total. The highest BCUT2D eigenvalue weighted by atomic mass is 14.2. The molecule has 0 fully saturated rings. The average Bonchev–Trinajstić information content (AvgIpc) is 3.36. The number of fused-ring (bicyclic) bond motifs is 1. The van der Waals surface area contributed by atoms with Crippen molar-refractivity contribution in [2.24, 2.45) is 0 Å². The Hall–Kier alpha value is -8.06. The van der Waals surface area contributed by atoms with E-state index >= 15 is 0 Å². The zero-order chi connectivity index (χ0) is 41.0. The van der Waals surface area contributed by atoms with Crippen LogP contribution in [-0.4, -0.2) is 0 Å². The van der Waals surface area contributed by atoms with Gasteiger partial charge in [0.25, 0.3) is 0 Å². The van der Waals surface area contributed by atoms with Crippen LogP contribution in [0.15, 0.2) is 243 Å². The minimum atomic E-state index is 1.20. The van der Waals surface area contributed by atoms with Crippen molar-refractivity contribution < 1.29 is 0 Å². The smallest absolute Gasteiger partial charge is 0.00141 e. The van der Waals surface area contributed by atoms with E-state index in [2.05, 4.69) is 243 Å². The molecule has 0 atom stereocenters. The lowest BCUT2D eigenvalue weighted by Gasteiger charge is -2.22.